The predicted molar refractivity (Wildman–Crippen MR) is 79.3 cm³/mol. The molecule has 0 N–H and O–H groups in total. The quantitative estimate of drug-likeness (QED) is 0.429. The van der Waals surface area contributed by atoms with E-state index in [1.165, 1.54) is 0 Å². The second-order valence-electron chi connectivity index (χ2n) is 5.58. The van der Waals surface area contributed by atoms with Crippen LogP contribution in [0.2, 0.25) is 0 Å². The molecule has 0 aliphatic carbocycles. The highest BCUT2D eigenvalue weighted by molar-refractivity contribution is 5.79. The summed E-state index contributed by atoms with van der Waals surface area (Å²) in [6.45, 7) is 8.66. The number of rotatable bonds is 11. The van der Waals surface area contributed by atoms with E-state index >= 15 is 0 Å². The van der Waals surface area contributed by atoms with Gasteiger partial charge in [-0.05, 0) is 19.3 Å². The first kappa shape index (κ1) is 18.9. The zero-order chi connectivity index (χ0) is 15.4. The summed E-state index contributed by atoms with van der Waals surface area (Å²) >= 11 is 0. The van der Waals surface area contributed by atoms with E-state index in [4.69, 9.17) is 9.47 Å². The summed E-state index contributed by atoms with van der Waals surface area (Å²) in [5.74, 6) is -0.621. The average Bonchev–Trinajstić information content (AvgIpc) is 2.39. The van der Waals surface area contributed by atoms with Crippen molar-refractivity contribution >= 4 is 11.9 Å². The summed E-state index contributed by atoms with van der Waals surface area (Å²) in [5.41, 5.74) is 0. The minimum atomic E-state index is -0.357. The third-order valence-electron chi connectivity index (χ3n) is 3.02. The highest BCUT2D eigenvalue weighted by Crippen LogP contribution is 2.17. The van der Waals surface area contributed by atoms with Crippen molar-refractivity contribution in [3.63, 3.8) is 0 Å². The molecule has 0 aromatic rings. The van der Waals surface area contributed by atoms with Crippen LogP contribution in [-0.4, -0.2) is 25.2 Å². The van der Waals surface area contributed by atoms with Gasteiger partial charge in [-0.3, -0.25) is 9.59 Å². The van der Waals surface area contributed by atoms with Gasteiger partial charge in [0.25, 0.3) is 0 Å². The standard InChI is InChI=1S/C16H30O4/c1-5-7-8-9-10-14(11-15(17)19-6-2)16(18)20-12-13(3)4/h13-14H,5-12H2,1-4H3. The van der Waals surface area contributed by atoms with Crippen LogP contribution in [0.25, 0.3) is 0 Å². The van der Waals surface area contributed by atoms with Gasteiger partial charge in [0.1, 0.15) is 0 Å². The van der Waals surface area contributed by atoms with Crippen LogP contribution < -0.4 is 0 Å². The molecule has 0 bridgehead atoms. The maximum atomic E-state index is 12.0. The lowest BCUT2D eigenvalue weighted by Crippen LogP contribution is -2.23. The SMILES string of the molecule is CCCCCCC(CC(=O)OCC)C(=O)OCC(C)C. The van der Waals surface area contributed by atoms with Crippen LogP contribution >= 0.6 is 0 Å². The smallest absolute Gasteiger partial charge is 0.309 e. The fraction of sp³-hybridized carbons (Fsp3) is 0.875. The van der Waals surface area contributed by atoms with E-state index in [1.54, 1.807) is 6.92 Å². The summed E-state index contributed by atoms with van der Waals surface area (Å²) in [5, 5.41) is 0. The molecule has 4 heteroatoms. The fourth-order valence-electron chi connectivity index (χ4n) is 1.91. The lowest BCUT2D eigenvalue weighted by atomic mass is 9.97. The van der Waals surface area contributed by atoms with Crippen molar-refractivity contribution < 1.29 is 19.1 Å². The summed E-state index contributed by atoms with van der Waals surface area (Å²) in [4.78, 5) is 23.6. The van der Waals surface area contributed by atoms with Gasteiger partial charge in [0.15, 0.2) is 0 Å². The number of carbonyl (C=O) groups is 2. The Labute approximate surface area is 123 Å². The van der Waals surface area contributed by atoms with Crippen molar-refractivity contribution in [1.82, 2.24) is 0 Å². The molecule has 0 spiro atoms. The molecule has 1 atom stereocenters. The Hall–Kier alpha value is -1.06. The second kappa shape index (κ2) is 11.7. The number of esters is 2. The normalized spacial score (nSPS) is 12.2. The first-order valence-corrected chi connectivity index (χ1v) is 7.83. The molecule has 0 saturated carbocycles. The Morgan fingerprint density at radius 2 is 1.70 bits per heavy atom. The Morgan fingerprint density at radius 3 is 2.25 bits per heavy atom. The van der Waals surface area contributed by atoms with Gasteiger partial charge in [0.2, 0.25) is 0 Å². The summed E-state index contributed by atoms with van der Waals surface area (Å²) < 4.78 is 10.2. The van der Waals surface area contributed by atoms with Crippen molar-refractivity contribution in [2.75, 3.05) is 13.2 Å². The summed E-state index contributed by atoms with van der Waals surface area (Å²) in [6.07, 6.45) is 5.20. The molecule has 20 heavy (non-hydrogen) atoms. The maximum Gasteiger partial charge on any atom is 0.309 e. The molecule has 0 aliphatic heterocycles. The molecular weight excluding hydrogens is 256 g/mol. The van der Waals surface area contributed by atoms with Gasteiger partial charge in [0, 0.05) is 0 Å². The van der Waals surface area contributed by atoms with Crippen LogP contribution in [0.15, 0.2) is 0 Å². The van der Waals surface area contributed by atoms with Gasteiger partial charge in [0.05, 0.1) is 25.6 Å². The Kier molecular flexibility index (Phi) is 11.1. The minimum absolute atomic E-state index is 0.136. The monoisotopic (exact) mass is 286 g/mol. The first-order valence-electron chi connectivity index (χ1n) is 7.83. The van der Waals surface area contributed by atoms with E-state index < -0.39 is 0 Å². The molecule has 0 aliphatic rings. The molecule has 0 amide bonds. The number of hydrogen-bond donors (Lipinski definition) is 0. The van der Waals surface area contributed by atoms with Gasteiger partial charge in [-0.2, -0.15) is 0 Å². The number of ether oxygens (including phenoxy) is 2. The molecule has 118 valence electrons. The van der Waals surface area contributed by atoms with Gasteiger partial charge in [-0.15, -0.1) is 0 Å². The van der Waals surface area contributed by atoms with E-state index in [-0.39, 0.29) is 24.3 Å². The minimum Gasteiger partial charge on any atom is -0.466 e. The van der Waals surface area contributed by atoms with Crippen molar-refractivity contribution in [3.05, 3.63) is 0 Å². The van der Waals surface area contributed by atoms with E-state index in [9.17, 15) is 9.59 Å². The molecule has 0 saturated heterocycles. The van der Waals surface area contributed by atoms with Crippen LogP contribution in [0, 0.1) is 11.8 Å². The van der Waals surface area contributed by atoms with E-state index in [0.29, 0.717) is 25.6 Å². The molecule has 0 aromatic heterocycles. The lowest BCUT2D eigenvalue weighted by molar-refractivity contribution is -0.156. The zero-order valence-corrected chi connectivity index (χ0v) is 13.4. The highest BCUT2D eigenvalue weighted by atomic mass is 16.5. The Morgan fingerprint density at radius 1 is 1.00 bits per heavy atom. The van der Waals surface area contributed by atoms with Gasteiger partial charge in [-0.1, -0.05) is 46.5 Å². The molecule has 0 fully saturated rings. The molecule has 0 heterocycles. The van der Waals surface area contributed by atoms with Crippen LogP contribution in [0.4, 0.5) is 0 Å². The maximum absolute atomic E-state index is 12.0. The van der Waals surface area contributed by atoms with Crippen LogP contribution in [0.1, 0.15) is 66.2 Å². The van der Waals surface area contributed by atoms with Crippen LogP contribution in [0.5, 0.6) is 0 Å². The van der Waals surface area contributed by atoms with Crippen molar-refractivity contribution in [3.8, 4) is 0 Å². The molecule has 0 rings (SSSR count). The Balaban J connectivity index is 4.28. The summed E-state index contributed by atoms with van der Waals surface area (Å²) in [6, 6.07) is 0. The third kappa shape index (κ3) is 9.82. The second-order valence-corrected chi connectivity index (χ2v) is 5.58. The van der Waals surface area contributed by atoms with Gasteiger partial charge < -0.3 is 9.47 Å². The topological polar surface area (TPSA) is 52.6 Å². The molecule has 0 radical (unpaired) electrons. The van der Waals surface area contributed by atoms with E-state index in [2.05, 4.69) is 6.92 Å². The zero-order valence-electron chi connectivity index (χ0n) is 13.4. The molecule has 0 aromatic carbocycles. The van der Waals surface area contributed by atoms with Crippen molar-refractivity contribution in [1.29, 1.82) is 0 Å². The van der Waals surface area contributed by atoms with Gasteiger partial charge >= 0.3 is 11.9 Å². The average molecular weight is 286 g/mol. The predicted octanol–water partition coefficient (Wildman–Crippen LogP) is 3.73. The number of hydrogen-bond acceptors (Lipinski definition) is 4. The van der Waals surface area contributed by atoms with Crippen LogP contribution in [0.3, 0.4) is 0 Å². The number of unbranched alkanes of at least 4 members (excludes halogenated alkanes) is 3. The molecule has 4 nitrogen and oxygen atoms in total. The Bertz CT molecular complexity index is 274. The van der Waals surface area contributed by atoms with Crippen molar-refractivity contribution in [2.24, 2.45) is 11.8 Å². The van der Waals surface area contributed by atoms with Crippen molar-refractivity contribution in [2.45, 2.75) is 66.2 Å². The van der Waals surface area contributed by atoms with Gasteiger partial charge in [-0.25, -0.2) is 0 Å². The van der Waals surface area contributed by atoms with Crippen LogP contribution in [-0.2, 0) is 19.1 Å². The van der Waals surface area contributed by atoms with E-state index in [1.807, 2.05) is 13.8 Å². The first-order chi connectivity index (χ1) is 9.51. The fourth-order valence-corrected chi connectivity index (χ4v) is 1.91. The van der Waals surface area contributed by atoms with E-state index in [0.717, 1.165) is 25.7 Å². The molecule has 1 unspecified atom stereocenters. The summed E-state index contributed by atoms with van der Waals surface area (Å²) in [7, 11) is 0. The third-order valence-corrected chi connectivity index (χ3v) is 3.02. The number of carbonyl (C=O) groups excluding carboxylic acids is 2. The molecular formula is C16H30O4. The lowest BCUT2D eigenvalue weighted by Gasteiger charge is -2.16. The largest absolute Gasteiger partial charge is 0.466 e. The highest BCUT2D eigenvalue weighted by Gasteiger charge is 2.23.